The lowest BCUT2D eigenvalue weighted by molar-refractivity contribution is -0.161. The number of rotatable bonds is 88. The lowest BCUT2D eigenvalue weighted by Gasteiger charge is -2.21. The fourth-order valence-electron chi connectivity index (χ4n) is 13.8. The summed E-state index contributed by atoms with van der Waals surface area (Å²) in [5.74, 6) is -1.28. The number of aliphatic hydroxyl groups excluding tert-OH is 1. The Morgan fingerprint density at radius 1 is 0.252 bits per heavy atom. The van der Waals surface area contributed by atoms with E-state index in [0.29, 0.717) is 25.7 Å². The zero-order valence-corrected chi connectivity index (χ0v) is 72.1. The van der Waals surface area contributed by atoms with E-state index in [-0.39, 0.29) is 25.7 Å². The molecule has 19 heteroatoms. The van der Waals surface area contributed by atoms with Gasteiger partial charge in [-0.3, -0.25) is 37.3 Å². The van der Waals surface area contributed by atoms with Crippen LogP contribution in [0.3, 0.4) is 0 Å². The van der Waals surface area contributed by atoms with Crippen LogP contribution in [0.1, 0.15) is 478 Å². The molecule has 17 nitrogen and oxygen atoms in total. The summed E-state index contributed by atoms with van der Waals surface area (Å²) in [6.45, 7) is 7.42. The van der Waals surface area contributed by atoms with Gasteiger partial charge in [0.1, 0.15) is 19.3 Å². The third-order valence-electron chi connectivity index (χ3n) is 20.8. The van der Waals surface area contributed by atoms with Gasteiger partial charge in [0, 0.05) is 25.7 Å². The lowest BCUT2D eigenvalue weighted by Crippen LogP contribution is -2.30. The standard InChI is InChI=1S/C88H172O17P2/c1-6-9-12-15-18-21-24-26-28-30-31-35-39-42-47-52-57-62-67-72-86(91)99-78-84(105-88(93)74-69-64-59-54-49-44-40-36-33-32-34-37-41-46-50-55-60-65-70-81(4)5)80-103-107(96,97)101-76-82(89)75-100-106(94,95)102-79-83(77-98-85(90)71-66-61-56-51-45-23-20-17-14-11-8-3)104-87(92)73-68-63-58-53-48-43-38-29-27-25-22-19-16-13-10-7-2/h81-84,89H,6-80H2,1-5H3,(H,94,95)(H,96,97)/t82-,83+,84+/m0/s1. The van der Waals surface area contributed by atoms with E-state index in [1.807, 2.05) is 0 Å². The highest BCUT2D eigenvalue weighted by Crippen LogP contribution is 2.45. The first-order valence-corrected chi connectivity index (χ1v) is 48.6. The molecule has 0 aromatic heterocycles. The van der Waals surface area contributed by atoms with Crippen LogP contribution in [-0.2, 0) is 65.4 Å². The predicted molar refractivity (Wildman–Crippen MR) is 442 cm³/mol. The van der Waals surface area contributed by atoms with E-state index in [9.17, 15) is 43.2 Å². The molecule has 0 aliphatic heterocycles. The van der Waals surface area contributed by atoms with Crippen LogP contribution >= 0.6 is 15.6 Å². The Morgan fingerprint density at radius 3 is 0.636 bits per heavy atom. The summed E-state index contributed by atoms with van der Waals surface area (Å²) in [6.07, 6.45) is 75.0. The summed E-state index contributed by atoms with van der Waals surface area (Å²) in [6, 6.07) is 0. The minimum atomic E-state index is -4.97. The topological polar surface area (TPSA) is 237 Å². The Labute approximate surface area is 658 Å². The highest BCUT2D eigenvalue weighted by Gasteiger charge is 2.30. The van der Waals surface area contributed by atoms with Crippen molar-refractivity contribution in [2.75, 3.05) is 39.6 Å². The molecule has 0 fully saturated rings. The highest BCUT2D eigenvalue weighted by molar-refractivity contribution is 7.47. The molecule has 3 N–H and O–H groups in total. The molecule has 2 unspecified atom stereocenters. The number of hydrogen-bond donors (Lipinski definition) is 3. The van der Waals surface area contributed by atoms with Gasteiger partial charge < -0.3 is 33.8 Å². The zero-order valence-electron chi connectivity index (χ0n) is 70.3. The van der Waals surface area contributed by atoms with Gasteiger partial charge in [0.15, 0.2) is 12.2 Å². The van der Waals surface area contributed by atoms with Crippen LogP contribution < -0.4 is 0 Å². The van der Waals surface area contributed by atoms with E-state index in [4.69, 9.17) is 37.0 Å². The van der Waals surface area contributed by atoms with Crippen LogP contribution in [0, 0.1) is 5.92 Å². The maximum atomic E-state index is 13.2. The molecule has 0 aromatic rings. The first kappa shape index (κ1) is 105. The molecular weight excluding hydrogens is 1390 g/mol. The van der Waals surface area contributed by atoms with Crippen molar-refractivity contribution in [1.29, 1.82) is 0 Å². The van der Waals surface area contributed by atoms with E-state index in [1.165, 1.54) is 302 Å². The van der Waals surface area contributed by atoms with Gasteiger partial charge in [-0.2, -0.15) is 0 Å². The smallest absolute Gasteiger partial charge is 0.462 e. The van der Waals surface area contributed by atoms with Crippen LogP contribution in [-0.4, -0.2) is 96.7 Å². The average Bonchev–Trinajstić information content (AvgIpc) is 0.901. The Balaban J connectivity index is 5.23. The molecule has 0 saturated heterocycles. The van der Waals surface area contributed by atoms with Crippen molar-refractivity contribution in [1.82, 2.24) is 0 Å². The van der Waals surface area contributed by atoms with Gasteiger partial charge in [-0.1, -0.05) is 426 Å². The molecule has 0 rings (SSSR count). The van der Waals surface area contributed by atoms with E-state index in [0.717, 1.165) is 95.8 Å². The first-order chi connectivity index (χ1) is 52.0. The van der Waals surface area contributed by atoms with Crippen molar-refractivity contribution in [3.8, 4) is 0 Å². The number of ether oxygens (including phenoxy) is 4. The largest absolute Gasteiger partial charge is 0.472 e. The van der Waals surface area contributed by atoms with Crippen molar-refractivity contribution in [3.05, 3.63) is 0 Å². The molecule has 0 heterocycles. The highest BCUT2D eigenvalue weighted by atomic mass is 31.2. The van der Waals surface area contributed by atoms with E-state index >= 15 is 0 Å². The second-order valence-electron chi connectivity index (χ2n) is 32.1. The zero-order chi connectivity index (χ0) is 78.3. The average molecular weight is 1560 g/mol. The molecule has 0 radical (unpaired) electrons. The minimum absolute atomic E-state index is 0.109. The first-order valence-electron chi connectivity index (χ1n) is 45.6. The number of hydrogen-bond acceptors (Lipinski definition) is 15. The number of unbranched alkanes of at least 4 members (excludes halogenated alkanes) is 60. The molecule has 636 valence electrons. The number of carbonyl (C=O) groups excluding carboxylic acids is 4. The molecule has 0 aliphatic carbocycles. The van der Waals surface area contributed by atoms with Crippen LogP contribution in [0.15, 0.2) is 0 Å². The Morgan fingerprint density at radius 2 is 0.430 bits per heavy atom. The Hall–Kier alpha value is -1.94. The van der Waals surface area contributed by atoms with Gasteiger partial charge in [0.05, 0.1) is 26.4 Å². The van der Waals surface area contributed by atoms with Crippen molar-refractivity contribution < 1.29 is 80.2 Å². The number of phosphoric ester groups is 2. The fraction of sp³-hybridized carbons (Fsp3) is 0.955. The third-order valence-corrected chi connectivity index (χ3v) is 22.7. The van der Waals surface area contributed by atoms with Gasteiger partial charge in [-0.25, -0.2) is 9.13 Å². The maximum Gasteiger partial charge on any atom is 0.472 e. The van der Waals surface area contributed by atoms with Crippen LogP contribution in [0.4, 0.5) is 0 Å². The normalized spacial score (nSPS) is 13.7. The molecule has 0 bridgehead atoms. The Bertz CT molecular complexity index is 2030. The summed E-state index contributed by atoms with van der Waals surface area (Å²) in [5, 5.41) is 10.7. The van der Waals surface area contributed by atoms with E-state index in [1.54, 1.807) is 0 Å². The molecule has 0 aliphatic rings. The van der Waals surface area contributed by atoms with Crippen molar-refractivity contribution in [3.63, 3.8) is 0 Å². The predicted octanol–water partition coefficient (Wildman–Crippen LogP) is 27.2. The molecule has 0 amide bonds. The fourth-order valence-corrected chi connectivity index (χ4v) is 15.4. The van der Waals surface area contributed by atoms with Gasteiger partial charge >= 0.3 is 39.5 Å². The molecule has 0 spiro atoms. The third kappa shape index (κ3) is 81.9. The molecule has 5 atom stereocenters. The monoisotopic (exact) mass is 1560 g/mol. The van der Waals surface area contributed by atoms with Gasteiger partial charge in [0.25, 0.3) is 0 Å². The quantitative estimate of drug-likeness (QED) is 0.0222. The van der Waals surface area contributed by atoms with Gasteiger partial charge in [-0.15, -0.1) is 0 Å². The summed E-state index contributed by atoms with van der Waals surface area (Å²) in [7, 11) is -9.93. The Kier molecular flexibility index (Phi) is 79.2. The van der Waals surface area contributed by atoms with Crippen molar-refractivity contribution >= 4 is 39.5 Å². The molecule has 107 heavy (non-hydrogen) atoms. The summed E-state index contributed by atoms with van der Waals surface area (Å²) in [4.78, 5) is 73.3. The SMILES string of the molecule is CCCCCCCCCCCCCCCCCCCCCC(=O)OC[C@H](COP(=O)(O)OC[C@@H](O)COP(=O)(O)OC[C@@H](COC(=O)CCCCCCCCCCCCC)OC(=O)CCCCCCCCCCCCCCCCCC)OC(=O)CCCCCCCCCCCCCCCCCCCCC(C)C. The number of esters is 4. The van der Waals surface area contributed by atoms with E-state index in [2.05, 4.69) is 34.6 Å². The molecule has 0 saturated carbocycles. The lowest BCUT2D eigenvalue weighted by atomic mass is 10.0. The van der Waals surface area contributed by atoms with Crippen LogP contribution in [0.2, 0.25) is 0 Å². The molecular formula is C88H172O17P2. The second kappa shape index (κ2) is 80.7. The van der Waals surface area contributed by atoms with Crippen LogP contribution in [0.25, 0.3) is 0 Å². The van der Waals surface area contributed by atoms with Gasteiger partial charge in [-0.05, 0) is 31.6 Å². The second-order valence-corrected chi connectivity index (χ2v) is 35.0. The number of carbonyl (C=O) groups is 4. The van der Waals surface area contributed by atoms with Gasteiger partial charge in [0.2, 0.25) is 0 Å². The number of aliphatic hydroxyl groups is 1. The number of phosphoric acid groups is 2. The van der Waals surface area contributed by atoms with Crippen LogP contribution in [0.5, 0.6) is 0 Å². The summed E-state index contributed by atoms with van der Waals surface area (Å²) in [5.41, 5.74) is 0. The molecule has 0 aromatic carbocycles. The van der Waals surface area contributed by atoms with Crippen molar-refractivity contribution in [2.45, 2.75) is 496 Å². The van der Waals surface area contributed by atoms with E-state index < -0.39 is 97.5 Å². The summed E-state index contributed by atoms with van der Waals surface area (Å²) >= 11 is 0. The summed E-state index contributed by atoms with van der Waals surface area (Å²) < 4.78 is 69.0. The van der Waals surface area contributed by atoms with Crippen molar-refractivity contribution in [2.24, 2.45) is 5.92 Å². The maximum absolute atomic E-state index is 13.2. The minimum Gasteiger partial charge on any atom is -0.462 e.